The van der Waals surface area contributed by atoms with Gasteiger partial charge >= 0.3 is 5.97 Å². The van der Waals surface area contributed by atoms with E-state index in [0.717, 1.165) is 31.9 Å². The normalized spacial score (nSPS) is 32.0. The lowest BCUT2D eigenvalue weighted by Crippen LogP contribution is -2.39. The zero-order valence-corrected chi connectivity index (χ0v) is 16.1. The third-order valence-corrected chi connectivity index (χ3v) is 6.73. The molecule has 3 unspecified atom stereocenters. The Morgan fingerprint density at radius 3 is 2.44 bits per heavy atom. The first-order valence-electron chi connectivity index (χ1n) is 10.7. The fourth-order valence-corrected chi connectivity index (χ4v) is 5.28. The van der Waals surface area contributed by atoms with Gasteiger partial charge in [0.05, 0.1) is 25.7 Å². The molecule has 0 radical (unpaired) electrons. The second-order valence-corrected chi connectivity index (χ2v) is 8.51. The number of hydrogen-bond donors (Lipinski definition) is 0. The van der Waals surface area contributed by atoms with E-state index in [9.17, 15) is 4.79 Å². The summed E-state index contributed by atoms with van der Waals surface area (Å²) in [4.78, 5) is 14.8. The zero-order chi connectivity index (χ0) is 17.5. The fraction of sp³-hybridized carbons (Fsp3) is 0.952. The summed E-state index contributed by atoms with van der Waals surface area (Å²) in [5.41, 5.74) is 0. The third kappa shape index (κ3) is 5.68. The van der Waals surface area contributed by atoms with Crippen molar-refractivity contribution in [1.82, 2.24) is 4.90 Å². The number of likely N-dealkylation sites (tertiary alicyclic amines) is 1. The number of rotatable bonds is 7. The molecule has 0 N–H and O–H groups in total. The van der Waals surface area contributed by atoms with E-state index in [1.165, 1.54) is 78.0 Å². The number of esters is 1. The van der Waals surface area contributed by atoms with Gasteiger partial charge in [0.1, 0.15) is 0 Å². The lowest BCUT2D eigenvalue weighted by atomic mass is 9.73. The molecular formula is C21H37NO3. The van der Waals surface area contributed by atoms with Crippen LogP contribution in [0.4, 0.5) is 0 Å². The molecule has 3 aliphatic rings. The molecule has 0 bridgehead atoms. The number of ether oxygens (including phenoxy) is 2. The Labute approximate surface area is 153 Å². The Bertz CT molecular complexity index is 402. The smallest absolute Gasteiger partial charge is 0.311 e. The molecular weight excluding hydrogens is 314 g/mol. The van der Waals surface area contributed by atoms with Gasteiger partial charge in [-0.1, -0.05) is 32.1 Å². The highest BCUT2D eigenvalue weighted by molar-refractivity contribution is 5.73. The van der Waals surface area contributed by atoms with Crippen LogP contribution < -0.4 is 0 Å². The second kappa shape index (κ2) is 9.91. The van der Waals surface area contributed by atoms with Crippen LogP contribution in [0, 0.1) is 17.8 Å². The van der Waals surface area contributed by atoms with Crippen molar-refractivity contribution >= 4 is 5.97 Å². The summed E-state index contributed by atoms with van der Waals surface area (Å²) < 4.78 is 11.3. The molecule has 144 valence electrons. The molecule has 1 saturated heterocycles. The number of nitrogens with zero attached hydrogens (tertiary/aromatic N) is 1. The van der Waals surface area contributed by atoms with E-state index in [1.54, 1.807) is 0 Å². The van der Waals surface area contributed by atoms with Crippen LogP contribution >= 0.6 is 0 Å². The standard InChI is InChI=1S/C21H37NO3/c1-24-21(23)19-16-18(15-17-7-3-2-4-8-17)9-10-20(19)25-14-13-22-11-5-6-12-22/h17-20H,2-16H2,1H3. The fourth-order valence-electron chi connectivity index (χ4n) is 5.28. The SMILES string of the molecule is COC(=O)C1CC(CC2CCCCC2)CCC1OCCN1CCCC1. The number of carbonyl (C=O) groups excluding carboxylic acids is 1. The predicted octanol–water partition coefficient (Wildman–Crippen LogP) is 4.03. The van der Waals surface area contributed by atoms with Crippen molar-refractivity contribution in [3.05, 3.63) is 0 Å². The highest BCUT2D eigenvalue weighted by atomic mass is 16.5. The molecule has 4 heteroatoms. The molecule has 0 aromatic heterocycles. The van der Waals surface area contributed by atoms with Crippen LogP contribution in [0.5, 0.6) is 0 Å². The largest absolute Gasteiger partial charge is 0.469 e. The lowest BCUT2D eigenvalue weighted by molar-refractivity contribution is -0.155. The molecule has 1 heterocycles. The van der Waals surface area contributed by atoms with Gasteiger partial charge in [0.25, 0.3) is 0 Å². The summed E-state index contributed by atoms with van der Waals surface area (Å²) in [6, 6.07) is 0. The van der Waals surface area contributed by atoms with E-state index in [4.69, 9.17) is 9.47 Å². The average Bonchev–Trinajstić information content (AvgIpc) is 3.16. The van der Waals surface area contributed by atoms with E-state index in [0.29, 0.717) is 5.92 Å². The van der Waals surface area contributed by atoms with Crippen LogP contribution in [0.1, 0.15) is 70.6 Å². The van der Waals surface area contributed by atoms with Gasteiger partial charge in [-0.15, -0.1) is 0 Å². The highest BCUT2D eigenvalue weighted by Crippen LogP contribution is 2.38. The third-order valence-electron chi connectivity index (χ3n) is 6.73. The topological polar surface area (TPSA) is 38.8 Å². The zero-order valence-electron chi connectivity index (χ0n) is 16.1. The molecule has 2 aliphatic carbocycles. The first-order valence-corrected chi connectivity index (χ1v) is 10.7. The van der Waals surface area contributed by atoms with E-state index < -0.39 is 0 Å². The van der Waals surface area contributed by atoms with Gasteiger partial charge in [-0.2, -0.15) is 0 Å². The van der Waals surface area contributed by atoms with Crippen molar-refractivity contribution in [3.8, 4) is 0 Å². The van der Waals surface area contributed by atoms with Gasteiger partial charge in [0.15, 0.2) is 0 Å². The Morgan fingerprint density at radius 1 is 0.960 bits per heavy atom. The molecule has 3 rings (SSSR count). The van der Waals surface area contributed by atoms with Crippen molar-refractivity contribution in [2.24, 2.45) is 17.8 Å². The summed E-state index contributed by atoms with van der Waals surface area (Å²) in [6.45, 7) is 4.18. The maximum atomic E-state index is 12.3. The first kappa shape index (κ1) is 19.2. The highest BCUT2D eigenvalue weighted by Gasteiger charge is 2.37. The van der Waals surface area contributed by atoms with Gasteiger partial charge in [-0.3, -0.25) is 4.79 Å². The van der Waals surface area contributed by atoms with Crippen LogP contribution in [-0.2, 0) is 14.3 Å². The minimum Gasteiger partial charge on any atom is -0.469 e. The number of carbonyl (C=O) groups is 1. The van der Waals surface area contributed by atoms with Gasteiger partial charge in [-0.05, 0) is 63.5 Å². The van der Waals surface area contributed by atoms with E-state index in [2.05, 4.69) is 4.90 Å². The summed E-state index contributed by atoms with van der Waals surface area (Å²) in [5, 5.41) is 0. The quantitative estimate of drug-likeness (QED) is 0.649. The summed E-state index contributed by atoms with van der Waals surface area (Å²) in [7, 11) is 1.52. The summed E-state index contributed by atoms with van der Waals surface area (Å²) in [5.74, 6) is 1.47. The number of methoxy groups -OCH3 is 1. The van der Waals surface area contributed by atoms with Gasteiger partial charge in [-0.25, -0.2) is 0 Å². The molecule has 0 amide bonds. The second-order valence-electron chi connectivity index (χ2n) is 8.51. The maximum Gasteiger partial charge on any atom is 0.311 e. The Balaban J connectivity index is 1.46. The van der Waals surface area contributed by atoms with Gasteiger partial charge in [0, 0.05) is 6.54 Å². The molecule has 3 fully saturated rings. The van der Waals surface area contributed by atoms with E-state index in [-0.39, 0.29) is 18.0 Å². The van der Waals surface area contributed by atoms with Crippen LogP contribution in [-0.4, -0.2) is 50.3 Å². The lowest BCUT2D eigenvalue weighted by Gasteiger charge is -2.36. The predicted molar refractivity (Wildman–Crippen MR) is 99.5 cm³/mol. The molecule has 0 aromatic carbocycles. The van der Waals surface area contributed by atoms with Crippen molar-refractivity contribution in [1.29, 1.82) is 0 Å². The van der Waals surface area contributed by atoms with E-state index in [1.807, 2.05) is 0 Å². The Kier molecular flexibility index (Phi) is 7.60. The van der Waals surface area contributed by atoms with Gasteiger partial charge < -0.3 is 14.4 Å². The van der Waals surface area contributed by atoms with Gasteiger partial charge in [0.2, 0.25) is 0 Å². The molecule has 2 saturated carbocycles. The van der Waals surface area contributed by atoms with Crippen LogP contribution in [0.25, 0.3) is 0 Å². The Morgan fingerprint density at radius 2 is 1.72 bits per heavy atom. The molecule has 0 spiro atoms. The van der Waals surface area contributed by atoms with Crippen LogP contribution in [0.3, 0.4) is 0 Å². The molecule has 0 aromatic rings. The molecule has 3 atom stereocenters. The average molecular weight is 352 g/mol. The van der Waals surface area contributed by atoms with Crippen molar-refractivity contribution in [2.75, 3.05) is 33.4 Å². The van der Waals surface area contributed by atoms with Crippen molar-refractivity contribution < 1.29 is 14.3 Å². The molecule has 4 nitrogen and oxygen atoms in total. The summed E-state index contributed by atoms with van der Waals surface area (Å²) >= 11 is 0. The van der Waals surface area contributed by atoms with Crippen LogP contribution in [0.15, 0.2) is 0 Å². The van der Waals surface area contributed by atoms with E-state index >= 15 is 0 Å². The summed E-state index contributed by atoms with van der Waals surface area (Å²) in [6.07, 6.45) is 14.2. The minimum atomic E-state index is -0.0560. The monoisotopic (exact) mass is 351 g/mol. The molecule has 1 aliphatic heterocycles. The first-order chi connectivity index (χ1) is 12.3. The minimum absolute atomic E-state index is 0.0501. The number of hydrogen-bond acceptors (Lipinski definition) is 4. The van der Waals surface area contributed by atoms with Crippen molar-refractivity contribution in [3.63, 3.8) is 0 Å². The maximum absolute atomic E-state index is 12.3. The Hall–Kier alpha value is -0.610. The van der Waals surface area contributed by atoms with Crippen molar-refractivity contribution in [2.45, 2.75) is 76.7 Å². The van der Waals surface area contributed by atoms with Crippen LogP contribution in [0.2, 0.25) is 0 Å². The molecule has 25 heavy (non-hydrogen) atoms.